The Morgan fingerprint density at radius 2 is 2.00 bits per heavy atom. The minimum absolute atomic E-state index is 0.130. The van der Waals surface area contributed by atoms with E-state index >= 15 is 0 Å². The van der Waals surface area contributed by atoms with Gasteiger partial charge in [0.1, 0.15) is 11.9 Å². The van der Waals surface area contributed by atoms with Crippen molar-refractivity contribution in [3.05, 3.63) is 29.3 Å². The predicted octanol–water partition coefficient (Wildman–Crippen LogP) is 0.373. The van der Waals surface area contributed by atoms with Crippen LogP contribution in [0.3, 0.4) is 0 Å². The van der Waals surface area contributed by atoms with E-state index in [1.54, 1.807) is 0 Å². The zero-order valence-corrected chi connectivity index (χ0v) is 7.34. The van der Waals surface area contributed by atoms with Crippen LogP contribution < -0.4 is 0 Å². The molecule has 4 heteroatoms. The normalized spacial score (nSPS) is 26.0. The van der Waals surface area contributed by atoms with E-state index in [2.05, 4.69) is 0 Å². The highest BCUT2D eigenvalue weighted by Gasteiger charge is 2.33. The quantitative estimate of drug-likeness (QED) is 0.557. The largest absolute Gasteiger partial charge is 0.507 e. The molecule has 0 heterocycles. The van der Waals surface area contributed by atoms with E-state index < -0.39 is 12.2 Å². The van der Waals surface area contributed by atoms with Crippen LogP contribution in [-0.4, -0.2) is 27.2 Å². The van der Waals surface area contributed by atoms with Gasteiger partial charge in [0.15, 0.2) is 5.78 Å². The Labute approximate surface area is 80.4 Å². The van der Waals surface area contributed by atoms with Gasteiger partial charge in [0.2, 0.25) is 0 Å². The maximum Gasteiger partial charge on any atom is 0.169 e. The molecular formula is C10H10O4. The number of carbonyl (C=O) groups excluding carboxylic acids is 1. The first-order valence-corrected chi connectivity index (χ1v) is 4.32. The number of ketones is 1. The van der Waals surface area contributed by atoms with Gasteiger partial charge in [-0.2, -0.15) is 0 Å². The van der Waals surface area contributed by atoms with Crippen molar-refractivity contribution in [3.63, 3.8) is 0 Å². The molecule has 0 saturated carbocycles. The minimum Gasteiger partial charge on any atom is -0.507 e. The van der Waals surface area contributed by atoms with Gasteiger partial charge in [-0.15, -0.1) is 0 Å². The molecule has 2 atom stereocenters. The molecule has 0 unspecified atom stereocenters. The van der Waals surface area contributed by atoms with E-state index in [1.165, 1.54) is 18.2 Å². The number of hydrogen-bond acceptors (Lipinski definition) is 4. The molecule has 1 aromatic rings. The summed E-state index contributed by atoms with van der Waals surface area (Å²) in [5.74, 6) is -0.477. The Balaban J connectivity index is 2.61. The molecule has 1 aliphatic carbocycles. The predicted molar refractivity (Wildman–Crippen MR) is 48.0 cm³/mol. The lowest BCUT2D eigenvalue weighted by atomic mass is 9.86. The van der Waals surface area contributed by atoms with Crippen molar-refractivity contribution in [3.8, 4) is 5.75 Å². The highest BCUT2D eigenvalue weighted by molar-refractivity contribution is 6.01. The molecule has 1 aromatic carbocycles. The molecule has 0 spiro atoms. The molecule has 0 aliphatic heterocycles. The molecule has 0 saturated heterocycles. The summed E-state index contributed by atoms with van der Waals surface area (Å²) in [6.07, 6.45) is -2.31. The zero-order chi connectivity index (χ0) is 10.3. The number of Topliss-reactive ketones (excluding diaryl/α,β-unsaturated/α-hetero) is 1. The Kier molecular flexibility index (Phi) is 2.02. The average Bonchev–Trinajstić information content (AvgIpc) is 2.14. The second kappa shape index (κ2) is 3.08. The molecule has 3 N–H and O–H groups in total. The standard InChI is InChI=1S/C10H10O4/c11-6-3-1-2-5-9(6)7(12)4-8(13)10(5)14/h1-3,8,10-11,13-14H,4H2/t8-,10+/m0/s1. The van der Waals surface area contributed by atoms with Gasteiger partial charge >= 0.3 is 0 Å². The summed E-state index contributed by atoms with van der Waals surface area (Å²) in [6.45, 7) is 0. The SMILES string of the molecule is O=C1C[C@H](O)[C@H](O)c2cccc(O)c21. The summed E-state index contributed by atoms with van der Waals surface area (Å²) in [5, 5.41) is 28.3. The second-order valence-electron chi connectivity index (χ2n) is 3.38. The molecule has 2 rings (SSSR count). The fourth-order valence-corrected chi connectivity index (χ4v) is 1.72. The molecule has 74 valence electrons. The van der Waals surface area contributed by atoms with E-state index in [9.17, 15) is 20.1 Å². The Morgan fingerprint density at radius 3 is 2.71 bits per heavy atom. The van der Waals surface area contributed by atoms with Crippen LogP contribution in [0.4, 0.5) is 0 Å². The van der Waals surface area contributed by atoms with Crippen LogP contribution in [-0.2, 0) is 0 Å². The van der Waals surface area contributed by atoms with Gasteiger partial charge in [0, 0.05) is 6.42 Å². The number of aliphatic hydroxyl groups is 2. The highest BCUT2D eigenvalue weighted by Crippen LogP contribution is 2.34. The van der Waals surface area contributed by atoms with Gasteiger partial charge in [-0.1, -0.05) is 12.1 Å². The summed E-state index contributed by atoms with van der Waals surface area (Å²) in [6, 6.07) is 4.45. The third-order valence-corrected chi connectivity index (χ3v) is 2.43. The summed E-state index contributed by atoms with van der Waals surface area (Å²) < 4.78 is 0. The number of rotatable bonds is 0. The first-order chi connectivity index (χ1) is 6.61. The highest BCUT2D eigenvalue weighted by atomic mass is 16.3. The van der Waals surface area contributed by atoms with Gasteiger partial charge in [-0.3, -0.25) is 4.79 Å². The number of phenols is 1. The fraction of sp³-hybridized carbons (Fsp3) is 0.300. The Bertz CT molecular complexity index is 386. The van der Waals surface area contributed by atoms with Gasteiger partial charge in [-0.25, -0.2) is 0 Å². The number of benzene rings is 1. The van der Waals surface area contributed by atoms with E-state index in [-0.39, 0.29) is 23.5 Å². The first-order valence-electron chi connectivity index (χ1n) is 4.32. The lowest BCUT2D eigenvalue weighted by Crippen LogP contribution is -2.29. The van der Waals surface area contributed by atoms with E-state index in [4.69, 9.17) is 0 Å². The second-order valence-corrected chi connectivity index (χ2v) is 3.38. The van der Waals surface area contributed by atoms with E-state index in [1.807, 2.05) is 0 Å². The zero-order valence-electron chi connectivity index (χ0n) is 7.34. The maximum atomic E-state index is 11.4. The van der Waals surface area contributed by atoms with Gasteiger partial charge < -0.3 is 15.3 Å². The molecular weight excluding hydrogens is 184 g/mol. The van der Waals surface area contributed by atoms with Crippen LogP contribution >= 0.6 is 0 Å². The molecule has 1 aliphatic rings. The number of fused-ring (bicyclic) bond motifs is 1. The van der Waals surface area contributed by atoms with Crippen LogP contribution in [0.5, 0.6) is 5.75 Å². The van der Waals surface area contributed by atoms with Gasteiger partial charge in [0.25, 0.3) is 0 Å². The lowest BCUT2D eigenvalue weighted by Gasteiger charge is -2.25. The first kappa shape index (κ1) is 9.18. The van der Waals surface area contributed by atoms with Crippen LogP contribution in [0.2, 0.25) is 0 Å². The third kappa shape index (κ3) is 1.20. The van der Waals surface area contributed by atoms with Crippen molar-refractivity contribution in [1.82, 2.24) is 0 Å². The molecule has 14 heavy (non-hydrogen) atoms. The van der Waals surface area contributed by atoms with Gasteiger partial charge in [-0.05, 0) is 11.6 Å². The summed E-state index contributed by atoms with van der Waals surface area (Å²) in [5.41, 5.74) is 0.430. The third-order valence-electron chi connectivity index (χ3n) is 2.43. The van der Waals surface area contributed by atoms with Gasteiger partial charge in [0.05, 0.1) is 11.7 Å². The number of aliphatic hydroxyl groups excluding tert-OH is 2. The van der Waals surface area contributed by atoms with Crippen molar-refractivity contribution in [2.45, 2.75) is 18.6 Å². The van der Waals surface area contributed by atoms with Crippen LogP contribution in [0.15, 0.2) is 18.2 Å². The molecule has 0 fully saturated rings. The molecule has 0 bridgehead atoms. The van der Waals surface area contributed by atoms with E-state index in [0.717, 1.165) is 0 Å². The van der Waals surface area contributed by atoms with Crippen molar-refractivity contribution in [2.75, 3.05) is 0 Å². The Hall–Kier alpha value is -1.39. The number of phenolic OH excluding ortho intramolecular Hbond substituents is 1. The Morgan fingerprint density at radius 1 is 1.29 bits per heavy atom. The molecule has 4 nitrogen and oxygen atoms in total. The monoisotopic (exact) mass is 194 g/mol. The number of aromatic hydroxyl groups is 1. The van der Waals surface area contributed by atoms with Crippen molar-refractivity contribution in [2.24, 2.45) is 0 Å². The summed E-state index contributed by atoms with van der Waals surface area (Å²) >= 11 is 0. The lowest BCUT2D eigenvalue weighted by molar-refractivity contribution is 0.00844. The molecule has 0 amide bonds. The summed E-state index contributed by atoms with van der Waals surface area (Å²) in [7, 11) is 0. The average molecular weight is 194 g/mol. The number of carbonyl (C=O) groups is 1. The van der Waals surface area contributed by atoms with Crippen LogP contribution in [0.25, 0.3) is 0 Å². The van der Waals surface area contributed by atoms with Crippen LogP contribution in [0, 0.1) is 0 Å². The topological polar surface area (TPSA) is 77.8 Å². The minimum atomic E-state index is -1.09. The fourth-order valence-electron chi connectivity index (χ4n) is 1.72. The van der Waals surface area contributed by atoms with Crippen molar-refractivity contribution >= 4 is 5.78 Å². The smallest absolute Gasteiger partial charge is 0.169 e. The molecule has 0 aromatic heterocycles. The number of hydrogen-bond donors (Lipinski definition) is 3. The van der Waals surface area contributed by atoms with Crippen molar-refractivity contribution < 1.29 is 20.1 Å². The summed E-state index contributed by atoms with van der Waals surface area (Å²) in [4.78, 5) is 11.4. The van der Waals surface area contributed by atoms with Crippen LogP contribution in [0.1, 0.15) is 28.4 Å². The van der Waals surface area contributed by atoms with Crippen molar-refractivity contribution in [1.29, 1.82) is 0 Å². The molecule has 0 radical (unpaired) electrons. The van der Waals surface area contributed by atoms with E-state index in [0.29, 0.717) is 5.56 Å². The maximum absolute atomic E-state index is 11.4.